The summed E-state index contributed by atoms with van der Waals surface area (Å²) in [4.78, 5) is 22.9. The molecule has 0 atom stereocenters. The van der Waals surface area contributed by atoms with Gasteiger partial charge in [-0.05, 0) is 12.8 Å². The molecule has 1 heterocycles. The van der Waals surface area contributed by atoms with Gasteiger partial charge in [-0.25, -0.2) is 0 Å². The molecule has 0 saturated heterocycles. The molecule has 0 spiro atoms. The van der Waals surface area contributed by atoms with Crippen molar-refractivity contribution in [2.24, 2.45) is 5.92 Å². The predicted molar refractivity (Wildman–Crippen MR) is 73.2 cm³/mol. The fraction of sp³-hybridized carbons (Fsp3) is 0.636. The van der Waals surface area contributed by atoms with E-state index in [4.69, 9.17) is 0 Å². The Labute approximate surface area is 119 Å². The van der Waals surface area contributed by atoms with Crippen LogP contribution in [-0.4, -0.2) is 34.9 Å². The fourth-order valence-corrected chi connectivity index (χ4v) is 3.48. The van der Waals surface area contributed by atoms with Crippen molar-refractivity contribution >= 4 is 40.1 Å². The first-order chi connectivity index (χ1) is 9.19. The van der Waals surface area contributed by atoms with Gasteiger partial charge in [-0.1, -0.05) is 35.9 Å². The lowest BCUT2D eigenvalue weighted by Gasteiger charge is -2.06. The quantitative estimate of drug-likeness (QED) is 0.508. The molecule has 6 nitrogen and oxygen atoms in total. The molecule has 1 aliphatic carbocycles. The van der Waals surface area contributed by atoms with Crippen LogP contribution >= 0.6 is 23.1 Å². The van der Waals surface area contributed by atoms with E-state index in [1.54, 1.807) is 0 Å². The van der Waals surface area contributed by atoms with Crippen LogP contribution in [0.5, 0.6) is 0 Å². The minimum Gasteiger partial charge on any atom is -0.468 e. The van der Waals surface area contributed by atoms with Crippen molar-refractivity contribution in [2.45, 2.75) is 30.0 Å². The number of nitrogens with one attached hydrogen (secondary N) is 1. The third-order valence-corrected chi connectivity index (χ3v) is 4.85. The largest absolute Gasteiger partial charge is 0.468 e. The van der Waals surface area contributed by atoms with E-state index in [0.717, 1.165) is 25.7 Å². The normalized spacial score (nSPS) is 15.4. The lowest BCUT2D eigenvalue weighted by Crippen LogP contribution is -2.20. The molecule has 0 unspecified atom stereocenters. The van der Waals surface area contributed by atoms with Crippen LogP contribution in [-0.2, 0) is 14.3 Å². The van der Waals surface area contributed by atoms with Crippen LogP contribution in [0.4, 0.5) is 5.13 Å². The average molecular weight is 301 g/mol. The number of thioether (sulfide) groups is 1. The van der Waals surface area contributed by atoms with Crippen molar-refractivity contribution in [3.05, 3.63) is 0 Å². The number of nitrogens with zero attached hydrogens (tertiary/aromatic N) is 2. The van der Waals surface area contributed by atoms with E-state index in [2.05, 4.69) is 20.3 Å². The molecule has 1 aromatic rings. The third kappa shape index (κ3) is 4.17. The van der Waals surface area contributed by atoms with Gasteiger partial charge in [0, 0.05) is 5.92 Å². The number of methoxy groups -OCH3 is 1. The second-order valence-corrected chi connectivity index (χ2v) is 6.41. The van der Waals surface area contributed by atoms with Crippen LogP contribution in [0.2, 0.25) is 0 Å². The van der Waals surface area contributed by atoms with Crippen LogP contribution in [0.15, 0.2) is 4.34 Å². The van der Waals surface area contributed by atoms with Gasteiger partial charge in [-0.2, -0.15) is 0 Å². The van der Waals surface area contributed by atoms with E-state index >= 15 is 0 Å². The number of carbonyl (C=O) groups excluding carboxylic acids is 2. The number of hydrogen-bond acceptors (Lipinski definition) is 7. The van der Waals surface area contributed by atoms with Crippen molar-refractivity contribution < 1.29 is 14.3 Å². The molecule has 0 aliphatic heterocycles. The maximum absolute atomic E-state index is 11.9. The number of carbonyl (C=O) groups is 2. The van der Waals surface area contributed by atoms with Crippen molar-refractivity contribution in [3.8, 4) is 0 Å². The number of esters is 1. The first-order valence-electron chi connectivity index (χ1n) is 6.03. The van der Waals surface area contributed by atoms with Gasteiger partial charge in [-0.15, -0.1) is 10.2 Å². The molecule has 0 radical (unpaired) electrons. The molecule has 1 saturated carbocycles. The summed E-state index contributed by atoms with van der Waals surface area (Å²) >= 11 is 2.53. The van der Waals surface area contributed by atoms with Crippen LogP contribution in [0, 0.1) is 5.92 Å². The molecular formula is C11H15N3O3S2. The Hall–Kier alpha value is -1.15. The van der Waals surface area contributed by atoms with E-state index in [1.165, 1.54) is 30.2 Å². The first kappa shape index (κ1) is 14.3. The summed E-state index contributed by atoms with van der Waals surface area (Å²) in [6.07, 6.45) is 4.14. The molecule has 19 heavy (non-hydrogen) atoms. The van der Waals surface area contributed by atoms with Gasteiger partial charge in [0.05, 0.1) is 12.9 Å². The predicted octanol–water partition coefficient (Wildman–Crippen LogP) is 1.93. The van der Waals surface area contributed by atoms with Crippen molar-refractivity contribution in [1.82, 2.24) is 10.2 Å². The molecule has 8 heteroatoms. The highest BCUT2D eigenvalue weighted by Crippen LogP contribution is 2.28. The summed E-state index contributed by atoms with van der Waals surface area (Å²) in [5, 5.41) is 11.1. The number of ether oxygens (including phenoxy) is 1. The van der Waals surface area contributed by atoms with E-state index in [9.17, 15) is 9.59 Å². The first-order valence-corrected chi connectivity index (χ1v) is 7.83. The van der Waals surface area contributed by atoms with Crippen molar-refractivity contribution in [2.75, 3.05) is 18.2 Å². The van der Waals surface area contributed by atoms with Crippen LogP contribution < -0.4 is 5.32 Å². The smallest absolute Gasteiger partial charge is 0.316 e. The molecule has 0 aromatic carbocycles. The Morgan fingerprint density at radius 1 is 1.42 bits per heavy atom. The van der Waals surface area contributed by atoms with Gasteiger partial charge in [-0.3, -0.25) is 9.59 Å². The van der Waals surface area contributed by atoms with Crippen molar-refractivity contribution in [1.29, 1.82) is 0 Å². The minimum absolute atomic E-state index is 0.0261. The second kappa shape index (κ2) is 6.85. The maximum Gasteiger partial charge on any atom is 0.316 e. The number of rotatable bonds is 5. The Morgan fingerprint density at radius 3 is 2.84 bits per heavy atom. The topological polar surface area (TPSA) is 81.2 Å². The molecular weight excluding hydrogens is 286 g/mol. The minimum atomic E-state index is -0.309. The Morgan fingerprint density at radius 2 is 2.16 bits per heavy atom. The summed E-state index contributed by atoms with van der Waals surface area (Å²) in [6.45, 7) is 0. The van der Waals surface area contributed by atoms with Gasteiger partial charge in [0.1, 0.15) is 0 Å². The summed E-state index contributed by atoms with van der Waals surface area (Å²) in [7, 11) is 1.34. The summed E-state index contributed by atoms with van der Waals surface area (Å²) in [5.74, 6) is 0.0202. The Balaban J connectivity index is 1.83. The standard InChI is InChI=1S/C11H15N3O3S2/c1-17-8(15)6-18-11-14-13-10(19-11)12-9(16)7-4-2-3-5-7/h7H,2-6H2,1H3,(H,12,13,16). The monoisotopic (exact) mass is 301 g/mol. The number of hydrogen-bond donors (Lipinski definition) is 1. The Bertz CT molecular complexity index is 458. The fourth-order valence-electron chi connectivity index (χ4n) is 1.89. The van der Waals surface area contributed by atoms with Gasteiger partial charge in [0.2, 0.25) is 11.0 Å². The average Bonchev–Trinajstić information content (AvgIpc) is 3.07. The zero-order valence-electron chi connectivity index (χ0n) is 10.5. The van der Waals surface area contributed by atoms with Crippen LogP contribution in [0.25, 0.3) is 0 Å². The third-order valence-electron chi connectivity index (χ3n) is 2.90. The van der Waals surface area contributed by atoms with E-state index < -0.39 is 0 Å². The van der Waals surface area contributed by atoms with Gasteiger partial charge in [0.15, 0.2) is 4.34 Å². The highest BCUT2D eigenvalue weighted by Gasteiger charge is 2.23. The molecule has 1 amide bonds. The highest BCUT2D eigenvalue weighted by molar-refractivity contribution is 8.01. The molecule has 0 bridgehead atoms. The molecule has 1 aromatic heterocycles. The SMILES string of the molecule is COC(=O)CSc1nnc(NC(=O)C2CCCC2)s1. The number of anilines is 1. The number of aromatic nitrogens is 2. The Kier molecular flexibility index (Phi) is 5.15. The van der Waals surface area contributed by atoms with Gasteiger partial charge >= 0.3 is 5.97 Å². The molecule has 1 aliphatic rings. The summed E-state index contributed by atoms with van der Waals surface area (Å²) in [6, 6.07) is 0. The molecule has 1 fully saturated rings. The molecule has 104 valence electrons. The van der Waals surface area contributed by atoms with E-state index in [1.807, 2.05) is 0 Å². The van der Waals surface area contributed by atoms with Crippen molar-refractivity contribution in [3.63, 3.8) is 0 Å². The molecule has 1 N–H and O–H groups in total. The van der Waals surface area contributed by atoms with E-state index in [-0.39, 0.29) is 23.5 Å². The lowest BCUT2D eigenvalue weighted by molar-refractivity contribution is -0.137. The van der Waals surface area contributed by atoms with Gasteiger partial charge in [0.25, 0.3) is 0 Å². The maximum atomic E-state index is 11.9. The molecule has 2 rings (SSSR count). The highest BCUT2D eigenvalue weighted by atomic mass is 32.2. The second-order valence-electron chi connectivity index (χ2n) is 4.21. The lowest BCUT2D eigenvalue weighted by atomic mass is 10.1. The zero-order valence-corrected chi connectivity index (χ0v) is 12.2. The van der Waals surface area contributed by atoms with E-state index in [0.29, 0.717) is 9.47 Å². The van der Waals surface area contributed by atoms with Gasteiger partial charge < -0.3 is 10.1 Å². The zero-order chi connectivity index (χ0) is 13.7. The summed E-state index contributed by atoms with van der Waals surface area (Å²) in [5.41, 5.74) is 0. The van der Waals surface area contributed by atoms with Crippen LogP contribution in [0.1, 0.15) is 25.7 Å². The van der Waals surface area contributed by atoms with Crippen LogP contribution in [0.3, 0.4) is 0 Å². The summed E-state index contributed by atoms with van der Waals surface area (Å²) < 4.78 is 5.18. The number of amides is 1.